The molecule has 0 amide bonds. The van der Waals surface area contributed by atoms with Gasteiger partial charge in [-0.1, -0.05) is 18.2 Å². The van der Waals surface area contributed by atoms with Crippen LogP contribution in [0.4, 0.5) is 5.69 Å². The standard InChI is InChI=1S/C16H25N3/c1-18-10-4-7-15(12-18)19(2)11-14-6-3-5-13-8-9-17-16(13)14/h3,5-6,15,17H,4,7-12H2,1-2H3. The number of nitrogens with one attached hydrogen (secondary N) is 1. The van der Waals surface area contributed by atoms with Crippen LogP contribution in [0.15, 0.2) is 18.2 Å². The average Bonchev–Trinajstić information content (AvgIpc) is 2.88. The number of hydrogen-bond acceptors (Lipinski definition) is 3. The van der Waals surface area contributed by atoms with E-state index in [4.69, 9.17) is 0 Å². The van der Waals surface area contributed by atoms with Gasteiger partial charge in [0.1, 0.15) is 0 Å². The van der Waals surface area contributed by atoms with E-state index in [0.29, 0.717) is 6.04 Å². The number of likely N-dealkylation sites (N-methyl/N-ethyl adjacent to an activating group) is 2. The van der Waals surface area contributed by atoms with E-state index in [1.165, 1.54) is 49.2 Å². The zero-order valence-corrected chi connectivity index (χ0v) is 12.2. The molecular formula is C16H25N3. The van der Waals surface area contributed by atoms with Crippen molar-refractivity contribution in [2.75, 3.05) is 39.0 Å². The molecule has 1 fully saturated rings. The summed E-state index contributed by atoms with van der Waals surface area (Å²) in [4.78, 5) is 4.99. The van der Waals surface area contributed by atoms with Gasteiger partial charge in [0.15, 0.2) is 0 Å². The molecule has 3 nitrogen and oxygen atoms in total. The number of piperidine rings is 1. The fourth-order valence-corrected chi connectivity index (χ4v) is 3.44. The molecule has 3 rings (SSSR count). The second-order valence-corrected chi connectivity index (χ2v) is 6.10. The van der Waals surface area contributed by atoms with E-state index in [1.807, 2.05) is 0 Å². The van der Waals surface area contributed by atoms with Crippen LogP contribution < -0.4 is 5.32 Å². The summed E-state index contributed by atoms with van der Waals surface area (Å²) in [6, 6.07) is 7.45. The summed E-state index contributed by atoms with van der Waals surface area (Å²) in [5, 5.41) is 3.55. The number of rotatable bonds is 3. The average molecular weight is 259 g/mol. The SMILES string of the molecule is CN1CCCC(N(C)Cc2cccc3c2NCC3)C1. The molecule has 1 atom stereocenters. The Morgan fingerprint density at radius 3 is 3.16 bits per heavy atom. The third kappa shape index (κ3) is 2.77. The Morgan fingerprint density at radius 1 is 1.42 bits per heavy atom. The van der Waals surface area contributed by atoms with Crippen molar-refractivity contribution in [3.05, 3.63) is 29.3 Å². The summed E-state index contributed by atoms with van der Waals surface area (Å²) < 4.78 is 0. The fourth-order valence-electron chi connectivity index (χ4n) is 3.44. The first-order valence-corrected chi connectivity index (χ1v) is 7.47. The molecule has 104 valence electrons. The molecule has 19 heavy (non-hydrogen) atoms. The van der Waals surface area contributed by atoms with Crippen LogP contribution in [0.5, 0.6) is 0 Å². The normalized spacial score (nSPS) is 23.4. The van der Waals surface area contributed by atoms with Crippen molar-refractivity contribution >= 4 is 5.69 Å². The van der Waals surface area contributed by atoms with Gasteiger partial charge in [-0.05, 0) is 51.0 Å². The third-order valence-electron chi connectivity index (χ3n) is 4.58. The molecular weight excluding hydrogens is 234 g/mol. The van der Waals surface area contributed by atoms with E-state index in [-0.39, 0.29) is 0 Å². The molecule has 0 spiro atoms. The highest BCUT2D eigenvalue weighted by Crippen LogP contribution is 2.28. The predicted octanol–water partition coefficient (Wildman–Crippen LogP) is 2.18. The number of fused-ring (bicyclic) bond motifs is 1. The van der Waals surface area contributed by atoms with Gasteiger partial charge >= 0.3 is 0 Å². The lowest BCUT2D eigenvalue weighted by molar-refractivity contribution is 0.129. The molecule has 1 aromatic rings. The first kappa shape index (κ1) is 12.9. The van der Waals surface area contributed by atoms with Crippen molar-refractivity contribution in [2.45, 2.75) is 31.8 Å². The maximum atomic E-state index is 3.55. The summed E-state index contributed by atoms with van der Waals surface area (Å²) in [6.07, 6.45) is 3.85. The maximum absolute atomic E-state index is 3.55. The summed E-state index contributed by atoms with van der Waals surface area (Å²) in [5.74, 6) is 0. The molecule has 1 N–H and O–H groups in total. The van der Waals surface area contributed by atoms with E-state index in [0.717, 1.165) is 13.1 Å². The number of nitrogens with zero attached hydrogens (tertiary/aromatic N) is 2. The first-order valence-electron chi connectivity index (χ1n) is 7.47. The fraction of sp³-hybridized carbons (Fsp3) is 0.625. The Morgan fingerprint density at radius 2 is 2.32 bits per heavy atom. The van der Waals surface area contributed by atoms with Gasteiger partial charge in [0.25, 0.3) is 0 Å². The summed E-state index contributed by atoms with van der Waals surface area (Å²) in [7, 11) is 4.51. The van der Waals surface area contributed by atoms with Gasteiger partial charge in [-0.25, -0.2) is 0 Å². The monoisotopic (exact) mass is 259 g/mol. The van der Waals surface area contributed by atoms with E-state index in [2.05, 4.69) is 47.4 Å². The van der Waals surface area contributed by atoms with Gasteiger partial charge in [0, 0.05) is 31.4 Å². The van der Waals surface area contributed by atoms with Crippen LogP contribution in [0, 0.1) is 0 Å². The molecule has 2 aliphatic heterocycles. The third-order valence-corrected chi connectivity index (χ3v) is 4.58. The lowest BCUT2D eigenvalue weighted by Gasteiger charge is -2.36. The zero-order valence-electron chi connectivity index (χ0n) is 12.2. The highest BCUT2D eigenvalue weighted by atomic mass is 15.2. The lowest BCUT2D eigenvalue weighted by Crippen LogP contribution is -2.44. The molecule has 0 aromatic heterocycles. The van der Waals surface area contributed by atoms with Gasteiger partial charge in [-0.2, -0.15) is 0 Å². The van der Waals surface area contributed by atoms with Crippen LogP contribution in [-0.2, 0) is 13.0 Å². The van der Waals surface area contributed by atoms with Crippen LogP contribution in [0.3, 0.4) is 0 Å². The van der Waals surface area contributed by atoms with E-state index < -0.39 is 0 Å². The molecule has 1 unspecified atom stereocenters. The van der Waals surface area contributed by atoms with Gasteiger partial charge in [0.2, 0.25) is 0 Å². The molecule has 2 heterocycles. The molecule has 0 saturated carbocycles. The molecule has 0 radical (unpaired) electrons. The van der Waals surface area contributed by atoms with Gasteiger partial charge in [0.05, 0.1) is 0 Å². The molecule has 2 aliphatic rings. The molecule has 1 aromatic carbocycles. The minimum absolute atomic E-state index is 0.705. The number of benzene rings is 1. The first-order chi connectivity index (χ1) is 9.24. The topological polar surface area (TPSA) is 18.5 Å². The van der Waals surface area contributed by atoms with E-state index in [9.17, 15) is 0 Å². The van der Waals surface area contributed by atoms with Crippen LogP contribution >= 0.6 is 0 Å². The molecule has 0 bridgehead atoms. The van der Waals surface area contributed by atoms with Gasteiger partial charge < -0.3 is 10.2 Å². The lowest BCUT2D eigenvalue weighted by atomic mass is 10.0. The summed E-state index contributed by atoms with van der Waals surface area (Å²) in [6.45, 7) is 4.63. The Hall–Kier alpha value is -1.06. The number of anilines is 1. The Kier molecular flexibility index (Phi) is 3.76. The predicted molar refractivity (Wildman–Crippen MR) is 80.6 cm³/mol. The number of para-hydroxylation sites is 1. The van der Waals surface area contributed by atoms with Crippen LogP contribution in [0.25, 0.3) is 0 Å². The zero-order chi connectivity index (χ0) is 13.2. The quantitative estimate of drug-likeness (QED) is 0.897. The minimum Gasteiger partial charge on any atom is -0.384 e. The molecule has 1 saturated heterocycles. The summed E-state index contributed by atoms with van der Waals surface area (Å²) in [5.41, 5.74) is 4.36. The highest BCUT2D eigenvalue weighted by Gasteiger charge is 2.22. The van der Waals surface area contributed by atoms with Crippen LogP contribution in [-0.4, -0.2) is 49.6 Å². The van der Waals surface area contributed by atoms with Crippen molar-refractivity contribution in [1.82, 2.24) is 9.80 Å². The van der Waals surface area contributed by atoms with Crippen molar-refractivity contribution in [1.29, 1.82) is 0 Å². The Bertz CT molecular complexity index is 444. The Balaban J connectivity index is 1.69. The maximum Gasteiger partial charge on any atom is 0.0419 e. The van der Waals surface area contributed by atoms with Crippen LogP contribution in [0.1, 0.15) is 24.0 Å². The van der Waals surface area contributed by atoms with Crippen molar-refractivity contribution < 1.29 is 0 Å². The molecule has 3 heteroatoms. The van der Waals surface area contributed by atoms with E-state index in [1.54, 1.807) is 0 Å². The van der Waals surface area contributed by atoms with Crippen molar-refractivity contribution in [3.8, 4) is 0 Å². The van der Waals surface area contributed by atoms with Crippen molar-refractivity contribution in [2.24, 2.45) is 0 Å². The molecule has 0 aliphatic carbocycles. The van der Waals surface area contributed by atoms with Crippen LogP contribution in [0.2, 0.25) is 0 Å². The number of hydrogen-bond donors (Lipinski definition) is 1. The summed E-state index contributed by atoms with van der Waals surface area (Å²) >= 11 is 0. The minimum atomic E-state index is 0.705. The van der Waals surface area contributed by atoms with Crippen molar-refractivity contribution in [3.63, 3.8) is 0 Å². The van der Waals surface area contributed by atoms with Gasteiger partial charge in [-0.15, -0.1) is 0 Å². The van der Waals surface area contributed by atoms with E-state index >= 15 is 0 Å². The number of likely N-dealkylation sites (tertiary alicyclic amines) is 1. The highest BCUT2D eigenvalue weighted by molar-refractivity contribution is 5.61. The second-order valence-electron chi connectivity index (χ2n) is 6.10. The second kappa shape index (κ2) is 5.51. The largest absolute Gasteiger partial charge is 0.384 e. The Labute approximate surface area is 116 Å². The smallest absolute Gasteiger partial charge is 0.0419 e. The van der Waals surface area contributed by atoms with Gasteiger partial charge in [-0.3, -0.25) is 4.90 Å².